The molecular weight excluding hydrogens is 511 g/mol. The Labute approximate surface area is 232 Å². The van der Waals surface area contributed by atoms with Gasteiger partial charge in [0.1, 0.15) is 6.61 Å². The molecule has 0 unspecified atom stereocenters. The lowest BCUT2D eigenvalue weighted by molar-refractivity contribution is 0.102. The van der Waals surface area contributed by atoms with Crippen LogP contribution in [-0.2, 0) is 19.3 Å². The summed E-state index contributed by atoms with van der Waals surface area (Å²) >= 11 is 1.68. The average molecular weight is 545 g/mol. The molecule has 0 radical (unpaired) electrons. The molecule has 2 aliphatic rings. The lowest BCUT2D eigenvalue weighted by Crippen LogP contribution is -2.37. The first-order valence-electron chi connectivity index (χ1n) is 13.7. The maximum atomic E-state index is 14.8. The number of aromatic nitrogens is 2. The molecule has 4 aromatic rings. The second-order valence-electron chi connectivity index (χ2n) is 10.5. The van der Waals surface area contributed by atoms with Crippen molar-refractivity contribution >= 4 is 22.9 Å². The molecule has 2 aromatic carbocycles. The van der Waals surface area contributed by atoms with Crippen LogP contribution in [0.2, 0.25) is 0 Å². The molecule has 2 aromatic heterocycles. The molecule has 0 spiro atoms. The summed E-state index contributed by atoms with van der Waals surface area (Å²) in [6, 6.07) is 15.3. The van der Waals surface area contributed by atoms with Crippen molar-refractivity contribution in [2.24, 2.45) is 5.92 Å². The molecule has 3 heterocycles. The third kappa shape index (κ3) is 5.77. The zero-order chi connectivity index (χ0) is 26.8. The Hall–Kier alpha value is -3.49. The van der Waals surface area contributed by atoms with E-state index in [0.717, 1.165) is 60.9 Å². The molecule has 0 bridgehead atoms. The molecular formula is C31H33FN4O2S. The molecule has 1 aliphatic heterocycles. The van der Waals surface area contributed by atoms with Crippen LogP contribution in [0.1, 0.15) is 44.3 Å². The Bertz CT molecular complexity index is 1460. The molecule has 1 saturated heterocycles. The van der Waals surface area contributed by atoms with Crippen molar-refractivity contribution in [3.8, 4) is 17.0 Å². The Kier molecular flexibility index (Phi) is 7.48. The largest absolute Gasteiger partial charge is 0.489 e. The van der Waals surface area contributed by atoms with E-state index < -0.39 is 5.82 Å². The number of halogens is 1. The van der Waals surface area contributed by atoms with Gasteiger partial charge in [-0.05, 0) is 75.7 Å². The third-order valence-corrected chi connectivity index (χ3v) is 8.81. The Balaban J connectivity index is 1.00. The Morgan fingerprint density at radius 1 is 1.18 bits per heavy atom. The van der Waals surface area contributed by atoms with Crippen molar-refractivity contribution in [1.82, 2.24) is 14.9 Å². The predicted octanol–water partition coefficient (Wildman–Crippen LogP) is 6.27. The summed E-state index contributed by atoms with van der Waals surface area (Å²) in [5, 5.41) is 3.83. The number of rotatable bonds is 8. The number of fused-ring (bicyclic) bond motifs is 3. The molecule has 0 atom stereocenters. The smallest absolute Gasteiger partial charge is 0.257 e. The predicted molar refractivity (Wildman–Crippen MR) is 153 cm³/mol. The van der Waals surface area contributed by atoms with Crippen molar-refractivity contribution in [3.05, 3.63) is 87.3 Å². The highest BCUT2D eigenvalue weighted by atomic mass is 32.1. The minimum Gasteiger partial charge on any atom is -0.489 e. The van der Waals surface area contributed by atoms with Gasteiger partial charge in [-0.3, -0.25) is 9.69 Å². The number of hydrogen-bond acceptors (Lipinski definition) is 5. The molecule has 1 aliphatic carbocycles. The highest BCUT2D eigenvalue weighted by molar-refractivity contribution is 7.12. The fourth-order valence-corrected chi connectivity index (χ4v) is 6.67. The summed E-state index contributed by atoms with van der Waals surface area (Å²) in [6.45, 7) is 5.26. The topological polar surface area (TPSA) is 70.2 Å². The highest BCUT2D eigenvalue weighted by Crippen LogP contribution is 2.38. The minimum atomic E-state index is -0.483. The fraction of sp³-hybridized carbons (Fsp3) is 0.355. The molecule has 1 fully saturated rings. The molecule has 39 heavy (non-hydrogen) atoms. The van der Waals surface area contributed by atoms with Gasteiger partial charge < -0.3 is 15.0 Å². The van der Waals surface area contributed by atoms with Crippen molar-refractivity contribution in [2.75, 3.05) is 31.6 Å². The number of ether oxygens (including phenoxy) is 1. The summed E-state index contributed by atoms with van der Waals surface area (Å²) in [5.41, 5.74) is 5.11. The number of H-pyrrole nitrogens is 1. The number of nitrogens with zero attached hydrogens (tertiary/aromatic N) is 2. The summed E-state index contributed by atoms with van der Waals surface area (Å²) < 4.78 is 20.6. The van der Waals surface area contributed by atoms with Crippen LogP contribution < -0.4 is 10.1 Å². The van der Waals surface area contributed by atoms with Gasteiger partial charge in [0.15, 0.2) is 11.6 Å². The Morgan fingerprint density at radius 2 is 2.00 bits per heavy atom. The SMILES string of the molecule is Cc1nc2c(s1)CCc1[nH]cc(C(=O)Nc3ccc(OCCN4CCC(Cc5ccccc5)CC4)c(F)c3)c1-2. The van der Waals surface area contributed by atoms with Gasteiger partial charge in [-0.25, -0.2) is 9.37 Å². The van der Waals surface area contributed by atoms with Gasteiger partial charge in [-0.1, -0.05) is 30.3 Å². The monoisotopic (exact) mass is 544 g/mol. The third-order valence-electron chi connectivity index (χ3n) is 7.78. The van der Waals surface area contributed by atoms with E-state index in [1.54, 1.807) is 29.7 Å². The van der Waals surface area contributed by atoms with Gasteiger partial charge in [0.2, 0.25) is 0 Å². The standard InChI is InChI=1S/C31H33FN4O2S/c1-20-34-30-28(39-20)10-8-26-29(30)24(19-33-26)31(37)35-23-7-9-27(25(32)18-23)38-16-15-36-13-11-22(12-14-36)17-21-5-3-2-4-6-21/h2-7,9,18-19,22,33H,8,10-17H2,1H3,(H,35,37). The lowest BCUT2D eigenvalue weighted by atomic mass is 9.90. The average Bonchev–Trinajstić information content (AvgIpc) is 3.54. The van der Waals surface area contributed by atoms with Gasteiger partial charge in [-0.15, -0.1) is 11.3 Å². The lowest BCUT2D eigenvalue weighted by Gasteiger charge is -2.31. The van der Waals surface area contributed by atoms with Gasteiger partial charge in [0.05, 0.1) is 16.3 Å². The van der Waals surface area contributed by atoms with E-state index in [2.05, 4.69) is 50.5 Å². The van der Waals surface area contributed by atoms with Gasteiger partial charge in [0.25, 0.3) is 5.91 Å². The number of benzene rings is 2. The van der Waals surface area contributed by atoms with Crippen molar-refractivity contribution in [1.29, 1.82) is 0 Å². The van der Waals surface area contributed by atoms with Crippen LogP contribution in [-0.4, -0.2) is 47.0 Å². The maximum absolute atomic E-state index is 14.8. The van der Waals surface area contributed by atoms with Crippen molar-refractivity contribution in [2.45, 2.75) is 39.0 Å². The van der Waals surface area contributed by atoms with Crippen LogP contribution in [0.3, 0.4) is 0 Å². The molecule has 2 N–H and O–H groups in total. The van der Waals surface area contributed by atoms with Gasteiger partial charge in [0, 0.05) is 40.6 Å². The number of aryl methyl sites for hydroxylation is 3. The van der Waals surface area contributed by atoms with Gasteiger partial charge >= 0.3 is 0 Å². The molecule has 6 nitrogen and oxygen atoms in total. The number of amides is 1. The van der Waals surface area contributed by atoms with E-state index in [1.165, 1.54) is 29.3 Å². The maximum Gasteiger partial charge on any atom is 0.257 e. The number of thiazole rings is 1. The first-order chi connectivity index (χ1) is 19.0. The highest BCUT2D eigenvalue weighted by Gasteiger charge is 2.27. The van der Waals surface area contributed by atoms with E-state index in [9.17, 15) is 9.18 Å². The number of likely N-dealkylation sites (tertiary alicyclic amines) is 1. The number of carbonyl (C=O) groups excluding carboxylic acids is 1. The zero-order valence-electron chi connectivity index (χ0n) is 22.1. The molecule has 6 rings (SSSR count). The van der Waals surface area contributed by atoms with Crippen LogP contribution in [0, 0.1) is 18.7 Å². The summed E-state index contributed by atoms with van der Waals surface area (Å²) in [4.78, 5) is 24.6. The first-order valence-corrected chi connectivity index (χ1v) is 14.5. The molecule has 0 saturated carbocycles. The van der Waals surface area contributed by atoms with Crippen LogP contribution in [0.4, 0.5) is 10.1 Å². The normalized spacial score (nSPS) is 15.5. The number of nitrogens with one attached hydrogen (secondary N) is 2. The summed E-state index contributed by atoms with van der Waals surface area (Å²) in [5.74, 6) is 0.153. The van der Waals surface area contributed by atoms with E-state index in [-0.39, 0.29) is 11.7 Å². The van der Waals surface area contributed by atoms with Crippen molar-refractivity contribution < 1.29 is 13.9 Å². The van der Waals surface area contributed by atoms with Crippen LogP contribution in [0.5, 0.6) is 5.75 Å². The summed E-state index contributed by atoms with van der Waals surface area (Å²) in [6.07, 6.45) is 6.98. The van der Waals surface area contributed by atoms with Crippen LogP contribution in [0.15, 0.2) is 54.7 Å². The molecule has 1 amide bonds. The first kappa shape index (κ1) is 25.8. The van der Waals surface area contributed by atoms with E-state index in [1.807, 2.05) is 6.92 Å². The second kappa shape index (κ2) is 11.3. The number of piperidine rings is 1. The zero-order valence-corrected chi connectivity index (χ0v) is 23.0. The molecule has 8 heteroatoms. The van der Waals surface area contributed by atoms with Crippen LogP contribution >= 0.6 is 11.3 Å². The second-order valence-corrected chi connectivity index (χ2v) is 11.8. The Morgan fingerprint density at radius 3 is 2.79 bits per heavy atom. The minimum absolute atomic E-state index is 0.202. The fourth-order valence-electron chi connectivity index (χ4n) is 5.73. The number of carbonyl (C=O) groups is 1. The summed E-state index contributed by atoms with van der Waals surface area (Å²) in [7, 11) is 0. The van der Waals surface area contributed by atoms with Crippen molar-refractivity contribution in [3.63, 3.8) is 0 Å². The molecule has 202 valence electrons. The van der Waals surface area contributed by atoms with E-state index >= 15 is 0 Å². The number of aromatic amines is 1. The number of hydrogen-bond donors (Lipinski definition) is 2. The van der Waals surface area contributed by atoms with E-state index in [0.29, 0.717) is 23.8 Å². The number of anilines is 1. The van der Waals surface area contributed by atoms with E-state index in [4.69, 9.17) is 4.74 Å². The van der Waals surface area contributed by atoms with Gasteiger partial charge in [-0.2, -0.15) is 0 Å². The van der Waals surface area contributed by atoms with Crippen LogP contribution in [0.25, 0.3) is 11.3 Å². The quantitative estimate of drug-likeness (QED) is 0.274.